The first-order valence-electron chi connectivity index (χ1n) is 6.41. The first-order chi connectivity index (χ1) is 9.92. The van der Waals surface area contributed by atoms with Crippen molar-refractivity contribution < 1.29 is 0 Å². The maximum Gasteiger partial charge on any atom is 0.144 e. The van der Waals surface area contributed by atoms with Crippen molar-refractivity contribution in [1.82, 2.24) is 15.0 Å². The van der Waals surface area contributed by atoms with Gasteiger partial charge in [-0.25, -0.2) is 4.98 Å². The molecule has 0 saturated carbocycles. The Morgan fingerprint density at radius 1 is 0.850 bits per heavy atom. The number of aromatic nitrogens is 3. The lowest BCUT2D eigenvalue weighted by molar-refractivity contribution is 1.09. The smallest absolute Gasteiger partial charge is 0.144 e. The molecule has 0 spiro atoms. The van der Waals surface area contributed by atoms with Gasteiger partial charge in [-0.2, -0.15) is 0 Å². The predicted octanol–water partition coefficient (Wildman–Crippen LogP) is 3.15. The van der Waals surface area contributed by atoms with Crippen molar-refractivity contribution in [2.75, 3.05) is 5.32 Å². The van der Waals surface area contributed by atoms with Gasteiger partial charge in [0.15, 0.2) is 0 Å². The molecule has 0 saturated heterocycles. The van der Waals surface area contributed by atoms with E-state index in [1.54, 1.807) is 31.0 Å². The number of benzene rings is 1. The molecule has 3 rings (SSSR count). The highest BCUT2D eigenvalue weighted by atomic mass is 15.0. The van der Waals surface area contributed by atoms with Gasteiger partial charge in [-0.1, -0.05) is 18.2 Å². The van der Waals surface area contributed by atoms with Crippen molar-refractivity contribution in [2.45, 2.75) is 6.54 Å². The van der Waals surface area contributed by atoms with Crippen molar-refractivity contribution in [3.8, 4) is 11.1 Å². The van der Waals surface area contributed by atoms with E-state index in [4.69, 9.17) is 0 Å². The highest BCUT2D eigenvalue weighted by Gasteiger charge is 1.99. The van der Waals surface area contributed by atoms with Crippen molar-refractivity contribution >= 4 is 5.82 Å². The van der Waals surface area contributed by atoms with E-state index in [9.17, 15) is 0 Å². The summed E-state index contributed by atoms with van der Waals surface area (Å²) in [5.41, 5.74) is 3.55. The maximum absolute atomic E-state index is 4.19. The topological polar surface area (TPSA) is 50.7 Å². The van der Waals surface area contributed by atoms with Crippen LogP contribution in [-0.4, -0.2) is 15.0 Å². The second-order valence-electron chi connectivity index (χ2n) is 4.38. The summed E-state index contributed by atoms with van der Waals surface area (Å²) < 4.78 is 0. The maximum atomic E-state index is 4.19. The van der Waals surface area contributed by atoms with E-state index in [2.05, 4.69) is 44.5 Å². The number of pyridine rings is 1. The summed E-state index contributed by atoms with van der Waals surface area (Å²) in [6.45, 7) is 0.720. The van der Waals surface area contributed by atoms with Crippen LogP contribution >= 0.6 is 0 Å². The minimum Gasteiger partial charge on any atom is -0.365 e. The van der Waals surface area contributed by atoms with Crippen LogP contribution in [0.4, 0.5) is 5.82 Å². The predicted molar refractivity (Wildman–Crippen MR) is 79.0 cm³/mol. The lowest BCUT2D eigenvalue weighted by Gasteiger charge is -2.07. The van der Waals surface area contributed by atoms with Crippen LogP contribution in [0.25, 0.3) is 11.1 Å². The number of anilines is 1. The van der Waals surface area contributed by atoms with Gasteiger partial charge in [-0.3, -0.25) is 9.97 Å². The summed E-state index contributed by atoms with van der Waals surface area (Å²) in [5, 5.41) is 3.25. The molecule has 0 bridgehead atoms. The van der Waals surface area contributed by atoms with Gasteiger partial charge in [-0.15, -0.1) is 0 Å². The zero-order valence-corrected chi connectivity index (χ0v) is 10.9. The fourth-order valence-corrected chi connectivity index (χ4v) is 1.99. The van der Waals surface area contributed by atoms with E-state index >= 15 is 0 Å². The molecule has 3 aromatic rings. The van der Waals surface area contributed by atoms with E-state index in [0.29, 0.717) is 0 Å². The summed E-state index contributed by atoms with van der Waals surface area (Å²) in [6, 6.07) is 12.4. The Bertz CT molecular complexity index is 668. The van der Waals surface area contributed by atoms with E-state index in [0.717, 1.165) is 12.4 Å². The molecule has 0 aliphatic carbocycles. The zero-order chi connectivity index (χ0) is 13.6. The largest absolute Gasteiger partial charge is 0.365 e. The molecule has 4 heteroatoms. The van der Waals surface area contributed by atoms with Gasteiger partial charge >= 0.3 is 0 Å². The van der Waals surface area contributed by atoms with Crippen molar-refractivity contribution in [3.63, 3.8) is 0 Å². The summed E-state index contributed by atoms with van der Waals surface area (Å²) >= 11 is 0. The normalized spacial score (nSPS) is 10.2. The highest BCUT2D eigenvalue weighted by molar-refractivity contribution is 5.63. The molecule has 0 radical (unpaired) electrons. The zero-order valence-electron chi connectivity index (χ0n) is 10.9. The SMILES string of the molecule is c1cc(CNc2cnccn2)cc(-c2ccncc2)c1. The molecule has 98 valence electrons. The van der Waals surface area contributed by atoms with Gasteiger partial charge < -0.3 is 5.32 Å². The van der Waals surface area contributed by atoms with Gasteiger partial charge in [0.25, 0.3) is 0 Å². The van der Waals surface area contributed by atoms with Crippen LogP contribution in [0, 0.1) is 0 Å². The molecule has 0 atom stereocenters. The van der Waals surface area contributed by atoms with E-state index in [1.807, 2.05) is 12.1 Å². The van der Waals surface area contributed by atoms with E-state index in [-0.39, 0.29) is 0 Å². The Morgan fingerprint density at radius 3 is 2.55 bits per heavy atom. The fraction of sp³-hybridized carbons (Fsp3) is 0.0625. The molecule has 0 amide bonds. The molecule has 4 nitrogen and oxygen atoms in total. The Morgan fingerprint density at radius 2 is 1.75 bits per heavy atom. The van der Waals surface area contributed by atoms with Crippen LogP contribution in [0.1, 0.15) is 5.56 Å². The Hall–Kier alpha value is -2.75. The number of nitrogens with zero attached hydrogens (tertiary/aromatic N) is 3. The molecule has 20 heavy (non-hydrogen) atoms. The third kappa shape index (κ3) is 2.98. The number of hydrogen-bond donors (Lipinski definition) is 1. The van der Waals surface area contributed by atoms with E-state index in [1.165, 1.54) is 16.7 Å². The summed E-state index contributed by atoms with van der Waals surface area (Å²) in [6.07, 6.45) is 8.66. The van der Waals surface area contributed by atoms with E-state index < -0.39 is 0 Å². The molecule has 0 fully saturated rings. The van der Waals surface area contributed by atoms with Crippen LogP contribution < -0.4 is 5.32 Å². The monoisotopic (exact) mass is 262 g/mol. The summed E-state index contributed by atoms with van der Waals surface area (Å²) in [5.74, 6) is 0.779. The van der Waals surface area contributed by atoms with Crippen molar-refractivity contribution in [1.29, 1.82) is 0 Å². The minimum absolute atomic E-state index is 0.720. The van der Waals surface area contributed by atoms with Gasteiger partial charge in [0.2, 0.25) is 0 Å². The standard InChI is InChI=1S/C16H14N4/c1-2-13(11-20-16-12-18-8-9-19-16)10-15(3-1)14-4-6-17-7-5-14/h1-10,12H,11H2,(H,19,20). The molecular formula is C16H14N4. The third-order valence-corrected chi connectivity index (χ3v) is 2.98. The average Bonchev–Trinajstić information content (AvgIpc) is 2.55. The highest BCUT2D eigenvalue weighted by Crippen LogP contribution is 2.19. The van der Waals surface area contributed by atoms with Gasteiger partial charge in [0.05, 0.1) is 6.20 Å². The van der Waals surface area contributed by atoms with Crippen molar-refractivity contribution in [2.24, 2.45) is 0 Å². The lowest BCUT2D eigenvalue weighted by Crippen LogP contribution is -2.01. The van der Waals surface area contributed by atoms with Gasteiger partial charge in [-0.05, 0) is 34.9 Å². The summed E-state index contributed by atoms with van der Waals surface area (Å²) in [4.78, 5) is 12.3. The molecule has 0 aliphatic rings. The fourth-order valence-electron chi connectivity index (χ4n) is 1.99. The van der Waals surface area contributed by atoms with Crippen LogP contribution in [0.3, 0.4) is 0 Å². The lowest BCUT2D eigenvalue weighted by atomic mass is 10.0. The first kappa shape index (κ1) is 12.3. The Kier molecular flexibility index (Phi) is 3.64. The Labute approximate surface area is 117 Å². The molecule has 2 heterocycles. The van der Waals surface area contributed by atoms with Crippen molar-refractivity contribution in [3.05, 3.63) is 72.9 Å². The Balaban J connectivity index is 1.75. The molecule has 0 aliphatic heterocycles. The molecule has 1 aromatic carbocycles. The molecule has 0 unspecified atom stereocenters. The average molecular weight is 262 g/mol. The number of nitrogens with one attached hydrogen (secondary N) is 1. The van der Waals surface area contributed by atoms with Crippen LogP contribution in [0.5, 0.6) is 0 Å². The third-order valence-electron chi connectivity index (χ3n) is 2.98. The molecule has 2 aromatic heterocycles. The number of rotatable bonds is 4. The second kappa shape index (κ2) is 5.93. The number of hydrogen-bond acceptors (Lipinski definition) is 4. The van der Waals surface area contributed by atoms with Crippen LogP contribution in [0.2, 0.25) is 0 Å². The second-order valence-corrected chi connectivity index (χ2v) is 4.38. The van der Waals surface area contributed by atoms with Crippen LogP contribution in [-0.2, 0) is 6.54 Å². The first-order valence-corrected chi connectivity index (χ1v) is 6.41. The van der Waals surface area contributed by atoms with Crippen LogP contribution in [0.15, 0.2) is 67.4 Å². The summed E-state index contributed by atoms with van der Waals surface area (Å²) in [7, 11) is 0. The quantitative estimate of drug-likeness (QED) is 0.784. The minimum atomic E-state index is 0.720. The molecule has 1 N–H and O–H groups in total. The van der Waals surface area contributed by atoms with Gasteiger partial charge in [0, 0.05) is 31.3 Å². The molecular weight excluding hydrogens is 248 g/mol. The van der Waals surface area contributed by atoms with Gasteiger partial charge in [0.1, 0.15) is 5.82 Å².